The highest BCUT2D eigenvalue weighted by molar-refractivity contribution is 8.76. The van der Waals surface area contributed by atoms with E-state index in [-0.39, 0.29) is 71.5 Å². The van der Waals surface area contributed by atoms with E-state index >= 15 is 0 Å². The van der Waals surface area contributed by atoms with Crippen LogP contribution in [0, 0.1) is 74.9 Å². The molecule has 11 rings (SSSR count). The first-order valence-electron chi connectivity index (χ1n) is 25.3. The van der Waals surface area contributed by atoms with Gasteiger partial charge in [0, 0.05) is 65.6 Å². The molecule has 7 fully saturated rings. The zero-order valence-electron chi connectivity index (χ0n) is 38.8. The van der Waals surface area contributed by atoms with Gasteiger partial charge in [-0.3, -0.25) is 9.79 Å². The lowest BCUT2D eigenvalue weighted by molar-refractivity contribution is -0.171. The van der Waals surface area contributed by atoms with E-state index in [0.29, 0.717) is 30.2 Å². The van der Waals surface area contributed by atoms with Crippen molar-refractivity contribution in [2.45, 2.75) is 160 Å². The third kappa shape index (κ3) is 6.35. The lowest BCUT2D eigenvalue weighted by atomic mass is 9.42. The lowest BCUT2D eigenvalue weighted by Crippen LogP contribution is -2.65. The maximum absolute atomic E-state index is 14.6. The number of nitrogens with zero attached hydrogens (tertiary/aromatic N) is 3. The number of ketones is 1. The molecule has 0 amide bonds. The number of guanidine groups is 1. The average molecular weight is 914 g/mol. The first-order valence-corrected chi connectivity index (χ1v) is 27.8. The van der Waals surface area contributed by atoms with Gasteiger partial charge in [0.15, 0.2) is 11.7 Å². The van der Waals surface area contributed by atoms with Crippen LogP contribution in [0.3, 0.4) is 0 Å². The Hall–Kier alpha value is -2.09. The minimum absolute atomic E-state index is 0.000710. The Morgan fingerprint density at radius 3 is 2.42 bits per heavy atom. The van der Waals surface area contributed by atoms with Gasteiger partial charge in [0.25, 0.3) is 0 Å². The highest BCUT2D eigenvalue weighted by Gasteiger charge is 2.73. The van der Waals surface area contributed by atoms with Crippen molar-refractivity contribution in [2.75, 3.05) is 18.1 Å². The number of carbonyl (C=O) groups excluding carboxylic acids is 1. The van der Waals surface area contributed by atoms with E-state index in [0.717, 1.165) is 49.2 Å². The summed E-state index contributed by atoms with van der Waals surface area (Å²) in [6.07, 6.45) is 21.6. The minimum Gasteiger partial charge on any atom is -0.392 e. The zero-order valence-corrected chi connectivity index (χ0v) is 40.4. The third-order valence-electron chi connectivity index (χ3n) is 20.7. The number of hydrogen-bond donors (Lipinski definition) is 6. The average Bonchev–Trinajstić information content (AvgIpc) is 4.00. The van der Waals surface area contributed by atoms with Crippen LogP contribution in [0.1, 0.15) is 136 Å². The SMILES string of the molecule is CC1(C)C[C@H](n2ccnc2)CSSC[C@@H]2C[C@H]([C@@H]3C[C@@H]4CCCC5=C4[C@H](C1=C1CCCC4(CCCC4)[C@@H]51)[C@H]3O)[C@@]1(C)C[C@@H](CN=C(N)N)[C@H]3C(=CC(=O)[C@@H]4C[C@@H](O)[C@@H](O)C[C@]34C)[C@]21O. The number of aliphatic hydroxyl groups is 4. The molecule has 12 heteroatoms. The largest absolute Gasteiger partial charge is 0.392 e. The molecule has 1 aromatic rings. The van der Waals surface area contributed by atoms with Crippen LogP contribution in [0.15, 0.2) is 57.7 Å². The monoisotopic (exact) mass is 914 g/mol. The van der Waals surface area contributed by atoms with Gasteiger partial charge in [0.2, 0.25) is 0 Å². The van der Waals surface area contributed by atoms with Gasteiger partial charge in [-0.05, 0) is 147 Å². The van der Waals surface area contributed by atoms with Crippen LogP contribution < -0.4 is 11.5 Å². The maximum atomic E-state index is 14.6. The summed E-state index contributed by atoms with van der Waals surface area (Å²) in [5, 5.41) is 50.4. The smallest absolute Gasteiger partial charge is 0.185 e. The fourth-order valence-electron chi connectivity index (χ4n) is 18.5. The molecule has 6 saturated carbocycles. The van der Waals surface area contributed by atoms with Crippen molar-refractivity contribution in [2.24, 2.45) is 91.4 Å². The number of rotatable bonds is 3. The summed E-state index contributed by atoms with van der Waals surface area (Å²) in [6.45, 7) is 9.79. The van der Waals surface area contributed by atoms with Gasteiger partial charge >= 0.3 is 0 Å². The zero-order chi connectivity index (χ0) is 44.7. The van der Waals surface area contributed by atoms with Gasteiger partial charge in [0.05, 0.1) is 30.2 Å². The molecular weight excluding hydrogens is 839 g/mol. The molecule has 16 atom stereocenters. The van der Waals surface area contributed by atoms with E-state index in [2.05, 4.69) is 48.4 Å². The summed E-state index contributed by atoms with van der Waals surface area (Å²) in [4.78, 5) is 23.9. The molecule has 8 N–H and O–H groups in total. The van der Waals surface area contributed by atoms with Gasteiger partial charge in [-0.25, -0.2) is 4.98 Å². The lowest BCUT2D eigenvalue weighted by Gasteiger charge is -2.64. The topological polar surface area (TPSA) is 180 Å². The van der Waals surface area contributed by atoms with Crippen LogP contribution in [0.4, 0.5) is 0 Å². The number of imidazole rings is 1. The Kier molecular flexibility index (Phi) is 10.9. The van der Waals surface area contributed by atoms with E-state index in [1.807, 2.05) is 34.1 Å². The number of aliphatic hydroxyl groups excluding tert-OH is 3. The first-order chi connectivity index (χ1) is 30.5. The molecule has 350 valence electrons. The second-order valence-electron chi connectivity index (χ2n) is 24.1. The molecule has 64 heavy (non-hydrogen) atoms. The van der Waals surface area contributed by atoms with E-state index in [1.165, 1.54) is 51.4 Å². The van der Waals surface area contributed by atoms with Crippen LogP contribution >= 0.6 is 21.6 Å². The van der Waals surface area contributed by atoms with Crippen molar-refractivity contribution < 1.29 is 25.2 Å². The van der Waals surface area contributed by atoms with E-state index < -0.39 is 40.7 Å². The predicted octanol–water partition coefficient (Wildman–Crippen LogP) is 7.93. The predicted molar refractivity (Wildman–Crippen MR) is 255 cm³/mol. The van der Waals surface area contributed by atoms with Crippen LogP contribution in [-0.4, -0.2) is 83.7 Å². The second-order valence-corrected chi connectivity index (χ2v) is 26.7. The molecule has 4 bridgehead atoms. The summed E-state index contributed by atoms with van der Waals surface area (Å²) in [7, 11) is 3.77. The number of hydrogen-bond acceptors (Lipinski definition) is 9. The Balaban J connectivity index is 1.10. The highest BCUT2D eigenvalue weighted by atomic mass is 33.1. The normalized spacial score (nSPS) is 46.9. The van der Waals surface area contributed by atoms with Gasteiger partial charge in [-0.1, -0.05) is 84.4 Å². The standard InChI is InChI=1S/C52H75N5O5S2/c1-48(2)22-31(57-16-15-55-27-57)26-64-63-25-30-18-35(34-17-28-9-7-10-32-41(28)42(46(34)61)45(48)33-11-8-14-51(44(32)33)12-5-6-13-51)50(4)21-29(24-56-47(53)54)43-37(52(30,50)62)20-38(58)36-19-39(59)40(60)23-49(36,43)3/h15-16,20,27-31,34-36,39-40,42-44,46,59-62H,5-14,17-19,21-26H2,1-4H3,(H4,53,54,56)/t28-,29-,30-,31-,34-,35+,36-,39+,40-,42+,43-,44-,46-,49-,50+,52+/m0/s1. The molecule has 1 saturated heterocycles. The number of carbonyl (C=O) groups is 1. The number of allylic oxidation sites excluding steroid dienone is 3. The first kappa shape index (κ1) is 44.4. The number of aromatic nitrogens is 2. The Morgan fingerprint density at radius 1 is 0.922 bits per heavy atom. The van der Waals surface area contributed by atoms with Crippen LogP contribution in [0.5, 0.6) is 0 Å². The number of fused-ring (bicyclic) bond motifs is 14. The number of nitrogens with two attached hydrogens (primary N) is 2. The summed E-state index contributed by atoms with van der Waals surface area (Å²) >= 11 is 0. The molecule has 2 heterocycles. The van der Waals surface area contributed by atoms with Gasteiger partial charge in [-0.2, -0.15) is 0 Å². The van der Waals surface area contributed by atoms with Gasteiger partial charge in [0.1, 0.15) is 0 Å². The van der Waals surface area contributed by atoms with Crippen LogP contribution in [0.25, 0.3) is 0 Å². The molecule has 1 aliphatic heterocycles. The van der Waals surface area contributed by atoms with E-state index in [1.54, 1.807) is 28.4 Å². The maximum Gasteiger partial charge on any atom is 0.185 e. The van der Waals surface area contributed by atoms with Crippen molar-refractivity contribution >= 4 is 33.3 Å². The molecule has 1 aromatic heterocycles. The Bertz CT molecular complexity index is 2160. The summed E-state index contributed by atoms with van der Waals surface area (Å²) in [5.74, 6) is 1.42. The number of aliphatic imine (C=N–C) groups is 1. The molecule has 10 aliphatic rings. The third-order valence-corrected chi connectivity index (χ3v) is 23.2. The fourth-order valence-corrected chi connectivity index (χ4v) is 21.3. The molecule has 0 radical (unpaired) electrons. The van der Waals surface area contributed by atoms with E-state index in [4.69, 9.17) is 11.5 Å². The molecule has 0 aromatic carbocycles. The molecule has 10 nitrogen and oxygen atoms in total. The fraction of sp³-hybridized carbons (Fsp3) is 0.788. The second kappa shape index (κ2) is 15.7. The Labute approximate surface area is 388 Å². The van der Waals surface area contributed by atoms with E-state index in [9.17, 15) is 25.2 Å². The van der Waals surface area contributed by atoms with Gasteiger partial charge in [-0.15, -0.1) is 0 Å². The summed E-state index contributed by atoms with van der Waals surface area (Å²) in [6, 6.07) is 0.200. The van der Waals surface area contributed by atoms with Crippen molar-refractivity contribution in [1.82, 2.24) is 9.55 Å². The van der Waals surface area contributed by atoms with Gasteiger partial charge < -0.3 is 36.5 Å². The molecule has 0 unspecified atom stereocenters. The molecular formula is C52H75N5O5S2. The van der Waals surface area contributed by atoms with Crippen molar-refractivity contribution in [3.63, 3.8) is 0 Å². The summed E-state index contributed by atoms with van der Waals surface area (Å²) < 4.78 is 2.32. The van der Waals surface area contributed by atoms with Crippen LogP contribution in [0.2, 0.25) is 0 Å². The molecule has 1 spiro atoms. The van der Waals surface area contributed by atoms with Crippen LogP contribution in [-0.2, 0) is 4.79 Å². The quantitative estimate of drug-likeness (QED) is 0.0755. The van der Waals surface area contributed by atoms with Crippen molar-refractivity contribution in [3.05, 3.63) is 52.7 Å². The highest BCUT2D eigenvalue weighted by Crippen LogP contribution is 2.74. The van der Waals surface area contributed by atoms with Crippen molar-refractivity contribution in [1.29, 1.82) is 0 Å². The van der Waals surface area contributed by atoms with Crippen molar-refractivity contribution in [3.8, 4) is 0 Å². The summed E-state index contributed by atoms with van der Waals surface area (Å²) in [5.41, 5.74) is 17.1. The Morgan fingerprint density at radius 2 is 1.67 bits per heavy atom. The minimum atomic E-state index is -1.33. The molecule has 9 aliphatic carbocycles.